The monoisotopic (exact) mass is 429 g/mol. The minimum absolute atomic E-state index is 0.0232. The molecule has 0 saturated carbocycles. The Balaban J connectivity index is 2.42. The smallest absolute Gasteiger partial charge is 0.262 e. The van der Waals surface area contributed by atoms with Crippen LogP contribution in [0.25, 0.3) is 0 Å². The number of hydrogen-bond donors (Lipinski definition) is 2. The zero-order chi connectivity index (χ0) is 15.6. The number of nitrogens with zero attached hydrogens (tertiary/aromatic N) is 1. The van der Waals surface area contributed by atoms with Crippen LogP contribution in [-0.4, -0.2) is 8.42 Å². The zero-order valence-electron chi connectivity index (χ0n) is 10.5. The lowest BCUT2D eigenvalue weighted by Crippen LogP contribution is -2.14. The molecule has 0 amide bonds. The van der Waals surface area contributed by atoms with Crippen molar-refractivity contribution in [3.8, 4) is 6.07 Å². The molecule has 8 heteroatoms. The van der Waals surface area contributed by atoms with Crippen molar-refractivity contribution in [2.75, 3.05) is 10.5 Å². The summed E-state index contributed by atoms with van der Waals surface area (Å²) < 4.78 is 28.3. The fraction of sp³-hybridized carbons (Fsp3) is 0. The molecular formula is C13H9Br2N3O2S. The molecule has 0 atom stereocenters. The first-order valence-electron chi connectivity index (χ1n) is 5.61. The van der Waals surface area contributed by atoms with Gasteiger partial charge in [0.2, 0.25) is 0 Å². The molecule has 0 spiro atoms. The van der Waals surface area contributed by atoms with Crippen molar-refractivity contribution in [1.29, 1.82) is 5.26 Å². The number of sulfonamides is 1. The fourth-order valence-electron chi connectivity index (χ4n) is 1.59. The minimum atomic E-state index is -3.82. The van der Waals surface area contributed by atoms with Gasteiger partial charge in [-0.3, -0.25) is 4.72 Å². The van der Waals surface area contributed by atoms with Gasteiger partial charge >= 0.3 is 0 Å². The lowest BCUT2D eigenvalue weighted by molar-refractivity contribution is 0.601. The number of rotatable bonds is 3. The lowest BCUT2D eigenvalue weighted by Gasteiger charge is -2.10. The highest BCUT2D eigenvalue weighted by Crippen LogP contribution is 2.26. The number of nitrogens with one attached hydrogen (secondary N) is 1. The largest absolute Gasteiger partial charge is 0.398 e. The lowest BCUT2D eigenvalue weighted by atomic mass is 10.2. The van der Waals surface area contributed by atoms with E-state index in [1.165, 1.54) is 24.3 Å². The summed E-state index contributed by atoms with van der Waals surface area (Å²) >= 11 is 6.43. The molecule has 0 heterocycles. The maximum Gasteiger partial charge on any atom is 0.262 e. The van der Waals surface area contributed by atoms with Crippen LogP contribution in [0.3, 0.4) is 0 Å². The first-order valence-corrected chi connectivity index (χ1v) is 8.68. The molecular weight excluding hydrogens is 422 g/mol. The van der Waals surface area contributed by atoms with Gasteiger partial charge in [-0.1, -0.05) is 15.9 Å². The molecule has 0 bridgehead atoms. The van der Waals surface area contributed by atoms with Crippen LogP contribution in [0.4, 0.5) is 11.4 Å². The van der Waals surface area contributed by atoms with Gasteiger partial charge in [-0.2, -0.15) is 5.26 Å². The average Bonchev–Trinajstić information content (AvgIpc) is 2.43. The molecule has 0 aliphatic heterocycles. The van der Waals surface area contributed by atoms with Gasteiger partial charge in [0.15, 0.2) is 0 Å². The van der Waals surface area contributed by atoms with Crippen molar-refractivity contribution in [2.24, 2.45) is 0 Å². The Morgan fingerprint density at radius 1 is 1.14 bits per heavy atom. The Morgan fingerprint density at radius 3 is 2.48 bits per heavy atom. The summed E-state index contributed by atoms with van der Waals surface area (Å²) in [6, 6.07) is 11.0. The first-order chi connectivity index (χ1) is 9.83. The van der Waals surface area contributed by atoms with Gasteiger partial charge in [-0.25, -0.2) is 8.42 Å². The van der Waals surface area contributed by atoms with Crippen LogP contribution in [0.15, 0.2) is 50.2 Å². The molecule has 5 nitrogen and oxygen atoms in total. The topological polar surface area (TPSA) is 96.0 Å². The molecule has 2 aromatic rings. The van der Waals surface area contributed by atoms with Crippen LogP contribution >= 0.6 is 31.9 Å². The summed E-state index contributed by atoms with van der Waals surface area (Å²) in [5.74, 6) is 0. The predicted octanol–water partition coefficient (Wildman–Crippen LogP) is 3.47. The second kappa shape index (κ2) is 6.05. The molecule has 2 rings (SSSR count). The summed E-state index contributed by atoms with van der Waals surface area (Å²) in [5, 5.41) is 9.06. The zero-order valence-corrected chi connectivity index (χ0v) is 14.5. The predicted molar refractivity (Wildman–Crippen MR) is 88.2 cm³/mol. The van der Waals surface area contributed by atoms with Crippen LogP contribution in [0.5, 0.6) is 0 Å². The third-order valence-electron chi connectivity index (χ3n) is 2.62. The Hall–Kier alpha value is -1.56. The van der Waals surface area contributed by atoms with E-state index in [4.69, 9.17) is 11.0 Å². The van der Waals surface area contributed by atoms with E-state index in [0.29, 0.717) is 14.6 Å². The number of anilines is 2. The van der Waals surface area contributed by atoms with Gasteiger partial charge < -0.3 is 5.73 Å². The summed E-state index contributed by atoms with van der Waals surface area (Å²) in [6.07, 6.45) is 0. The van der Waals surface area contributed by atoms with Crippen molar-refractivity contribution in [3.63, 3.8) is 0 Å². The third-order valence-corrected chi connectivity index (χ3v) is 5.20. The molecule has 0 fully saturated rings. The van der Waals surface area contributed by atoms with Gasteiger partial charge in [-0.05, 0) is 52.3 Å². The van der Waals surface area contributed by atoms with Crippen molar-refractivity contribution in [1.82, 2.24) is 0 Å². The molecule has 0 aliphatic carbocycles. The van der Waals surface area contributed by atoms with Gasteiger partial charge in [0, 0.05) is 14.6 Å². The van der Waals surface area contributed by atoms with E-state index in [-0.39, 0.29) is 16.1 Å². The molecule has 108 valence electrons. The van der Waals surface area contributed by atoms with E-state index in [1.54, 1.807) is 12.1 Å². The number of nitriles is 1. The summed E-state index contributed by atoms with van der Waals surface area (Å²) in [4.78, 5) is 0.0232. The van der Waals surface area contributed by atoms with Crippen LogP contribution in [-0.2, 0) is 10.0 Å². The van der Waals surface area contributed by atoms with Crippen molar-refractivity contribution in [3.05, 3.63) is 50.9 Å². The van der Waals surface area contributed by atoms with E-state index >= 15 is 0 Å². The quantitative estimate of drug-likeness (QED) is 0.728. The summed E-state index contributed by atoms with van der Waals surface area (Å²) in [5.41, 5.74) is 6.43. The molecule has 0 aliphatic rings. The Bertz CT molecular complexity index is 845. The van der Waals surface area contributed by atoms with Crippen molar-refractivity contribution >= 4 is 53.3 Å². The fourth-order valence-corrected chi connectivity index (χ4v) is 3.31. The number of halogens is 2. The third kappa shape index (κ3) is 3.56. The minimum Gasteiger partial charge on any atom is -0.398 e. The van der Waals surface area contributed by atoms with Gasteiger partial charge in [0.05, 0.1) is 16.1 Å². The highest BCUT2D eigenvalue weighted by molar-refractivity contribution is 9.10. The van der Waals surface area contributed by atoms with Crippen LogP contribution in [0.2, 0.25) is 0 Å². The maximum atomic E-state index is 12.3. The normalized spacial score (nSPS) is 10.9. The number of hydrogen-bond acceptors (Lipinski definition) is 4. The van der Waals surface area contributed by atoms with E-state index in [0.717, 1.165) is 0 Å². The van der Waals surface area contributed by atoms with Gasteiger partial charge in [0.1, 0.15) is 6.07 Å². The second-order valence-electron chi connectivity index (χ2n) is 4.09. The summed E-state index contributed by atoms with van der Waals surface area (Å²) in [7, 11) is -3.82. The molecule has 0 radical (unpaired) electrons. The summed E-state index contributed by atoms with van der Waals surface area (Å²) in [6.45, 7) is 0. The highest BCUT2D eigenvalue weighted by Gasteiger charge is 2.17. The first kappa shape index (κ1) is 15.8. The van der Waals surface area contributed by atoms with E-state index < -0.39 is 10.0 Å². The molecule has 21 heavy (non-hydrogen) atoms. The standard InChI is InChI=1S/C13H9Br2N3O2S/c14-9-1-4-13(8(5-9)7-16)18-21(19,20)10-2-3-11(15)12(17)6-10/h1-6,18H,17H2. The average molecular weight is 431 g/mol. The van der Waals surface area contributed by atoms with E-state index in [2.05, 4.69) is 36.6 Å². The van der Waals surface area contributed by atoms with Crippen LogP contribution in [0, 0.1) is 11.3 Å². The van der Waals surface area contributed by atoms with Gasteiger partial charge in [-0.15, -0.1) is 0 Å². The Morgan fingerprint density at radius 2 is 1.86 bits per heavy atom. The number of nitrogen functional groups attached to an aromatic ring is 1. The number of nitrogens with two attached hydrogens (primary N) is 1. The maximum absolute atomic E-state index is 12.3. The molecule has 2 aromatic carbocycles. The molecule has 0 unspecified atom stereocenters. The van der Waals surface area contributed by atoms with Crippen LogP contribution in [0.1, 0.15) is 5.56 Å². The highest BCUT2D eigenvalue weighted by atomic mass is 79.9. The number of benzene rings is 2. The SMILES string of the molecule is N#Cc1cc(Br)ccc1NS(=O)(=O)c1ccc(Br)c(N)c1. The van der Waals surface area contributed by atoms with Crippen molar-refractivity contribution < 1.29 is 8.42 Å². The molecule has 0 saturated heterocycles. The Kier molecular flexibility index (Phi) is 4.56. The van der Waals surface area contributed by atoms with E-state index in [9.17, 15) is 8.42 Å². The molecule has 0 aromatic heterocycles. The van der Waals surface area contributed by atoms with Crippen molar-refractivity contribution in [2.45, 2.75) is 4.90 Å². The van der Waals surface area contributed by atoms with Gasteiger partial charge in [0.25, 0.3) is 10.0 Å². The van der Waals surface area contributed by atoms with E-state index in [1.807, 2.05) is 6.07 Å². The second-order valence-corrected chi connectivity index (χ2v) is 7.54. The Labute approximate surface area is 139 Å². The van der Waals surface area contributed by atoms with Crippen LogP contribution < -0.4 is 10.5 Å². The molecule has 3 N–H and O–H groups in total.